The minimum Gasteiger partial charge on any atom is -0.467 e. The van der Waals surface area contributed by atoms with Gasteiger partial charge in [0.05, 0.1) is 24.3 Å². The van der Waals surface area contributed by atoms with E-state index in [1.165, 1.54) is 24.3 Å². The fraction of sp³-hybridized carbons (Fsp3) is 0.368. The molecule has 9 nitrogen and oxygen atoms in total. The van der Waals surface area contributed by atoms with Crippen molar-refractivity contribution in [2.45, 2.75) is 25.4 Å². The van der Waals surface area contributed by atoms with Crippen molar-refractivity contribution >= 4 is 17.5 Å². The molecular formula is C19H22N4O5. The number of hydrogen-bond donors (Lipinski definition) is 2. The van der Waals surface area contributed by atoms with Crippen LogP contribution >= 0.6 is 0 Å². The van der Waals surface area contributed by atoms with Crippen LogP contribution < -0.4 is 10.6 Å². The standard InChI is InChI=1S/C19H22N4O5/c24-18(20-12-17-2-1-11-28-17)13-22-9-7-15(8-10-22)21-19(25)14-3-5-16(6-4-14)23(26)27/h1-6,11,15H,7-10,12-13H2,(H,20,24)(H,21,25). The first-order valence-electron chi connectivity index (χ1n) is 9.08. The van der Waals surface area contributed by atoms with Gasteiger partial charge >= 0.3 is 0 Å². The molecule has 1 aromatic heterocycles. The zero-order chi connectivity index (χ0) is 19.9. The molecule has 0 unspecified atom stereocenters. The number of hydrogen-bond acceptors (Lipinski definition) is 6. The molecule has 148 valence electrons. The number of nitrogens with zero attached hydrogens (tertiary/aromatic N) is 2. The molecule has 1 aliphatic heterocycles. The summed E-state index contributed by atoms with van der Waals surface area (Å²) in [4.78, 5) is 36.5. The van der Waals surface area contributed by atoms with E-state index in [1.54, 1.807) is 18.4 Å². The van der Waals surface area contributed by atoms with Gasteiger partial charge in [-0.25, -0.2) is 0 Å². The summed E-state index contributed by atoms with van der Waals surface area (Å²) in [6.45, 7) is 2.09. The molecule has 0 bridgehead atoms. The average molecular weight is 386 g/mol. The highest BCUT2D eigenvalue weighted by molar-refractivity contribution is 5.94. The van der Waals surface area contributed by atoms with Crippen LogP contribution in [-0.2, 0) is 11.3 Å². The topological polar surface area (TPSA) is 118 Å². The number of rotatable bonds is 7. The van der Waals surface area contributed by atoms with E-state index in [0.717, 1.165) is 12.8 Å². The number of nitrogens with one attached hydrogen (secondary N) is 2. The lowest BCUT2D eigenvalue weighted by molar-refractivity contribution is -0.384. The number of piperidine rings is 1. The predicted molar refractivity (Wildman–Crippen MR) is 101 cm³/mol. The Morgan fingerprint density at radius 2 is 1.89 bits per heavy atom. The lowest BCUT2D eigenvalue weighted by Gasteiger charge is -2.31. The van der Waals surface area contributed by atoms with Crippen LogP contribution in [0, 0.1) is 10.1 Å². The van der Waals surface area contributed by atoms with Crippen molar-refractivity contribution in [2.24, 2.45) is 0 Å². The van der Waals surface area contributed by atoms with E-state index in [9.17, 15) is 19.7 Å². The number of furan rings is 1. The van der Waals surface area contributed by atoms with E-state index >= 15 is 0 Å². The van der Waals surface area contributed by atoms with Gasteiger partial charge in [0.25, 0.3) is 11.6 Å². The van der Waals surface area contributed by atoms with Gasteiger partial charge in [0, 0.05) is 36.8 Å². The molecule has 0 saturated carbocycles. The molecule has 2 N–H and O–H groups in total. The smallest absolute Gasteiger partial charge is 0.269 e. The lowest BCUT2D eigenvalue weighted by atomic mass is 10.0. The predicted octanol–water partition coefficient (Wildman–Crippen LogP) is 1.70. The first kappa shape index (κ1) is 19.6. The number of amides is 2. The van der Waals surface area contributed by atoms with Crippen molar-refractivity contribution in [3.8, 4) is 0 Å². The molecule has 1 aromatic carbocycles. The third kappa shape index (κ3) is 5.40. The number of carbonyl (C=O) groups excluding carboxylic acids is 2. The Morgan fingerprint density at radius 1 is 1.18 bits per heavy atom. The molecule has 2 amide bonds. The summed E-state index contributed by atoms with van der Waals surface area (Å²) >= 11 is 0. The fourth-order valence-corrected chi connectivity index (χ4v) is 3.10. The van der Waals surface area contributed by atoms with Crippen LogP contribution in [0.15, 0.2) is 47.1 Å². The SMILES string of the molecule is O=C(CN1CCC(NC(=O)c2ccc([N+](=O)[O-])cc2)CC1)NCc1ccco1. The Bertz CT molecular complexity index is 811. The van der Waals surface area contributed by atoms with Crippen LogP contribution in [0.25, 0.3) is 0 Å². The minimum atomic E-state index is -0.498. The van der Waals surface area contributed by atoms with Crippen LogP contribution in [-0.4, -0.2) is 47.3 Å². The molecule has 9 heteroatoms. The molecule has 0 spiro atoms. The maximum atomic E-state index is 12.3. The third-order valence-corrected chi connectivity index (χ3v) is 4.67. The van der Waals surface area contributed by atoms with Crippen molar-refractivity contribution in [1.82, 2.24) is 15.5 Å². The quantitative estimate of drug-likeness (QED) is 0.552. The van der Waals surface area contributed by atoms with Crippen LogP contribution in [0.4, 0.5) is 5.69 Å². The number of likely N-dealkylation sites (tertiary alicyclic amines) is 1. The molecule has 1 saturated heterocycles. The Kier molecular flexibility index (Phi) is 6.38. The van der Waals surface area contributed by atoms with Gasteiger partial charge in [0.2, 0.25) is 5.91 Å². The second-order valence-electron chi connectivity index (χ2n) is 6.68. The zero-order valence-electron chi connectivity index (χ0n) is 15.3. The average Bonchev–Trinajstić information content (AvgIpc) is 3.21. The number of benzene rings is 1. The maximum Gasteiger partial charge on any atom is 0.269 e. The van der Waals surface area contributed by atoms with Gasteiger partial charge in [0.15, 0.2) is 0 Å². The van der Waals surface area contributed by atoms with Gasteiger partial charge < -0.3 is 15.1 Å². The second kappa shape index (κ2) is 9.14. The van der Waals surface area contributed by atoms with Crippen molar-refractivity contribution < 1.29 is 18.9 Å². The lowest BCUT2D eigenvalue weighted by Crippen LogP contribution is -2.47. The number of non-ortho nitro benzene ring substituents is 1. The molecule has 28 heavy (non-hydrogen) atoms. The maximum absolute atomic E-state index is 12.3. The summed E-state index contributed by atoms with van der Waals surface area (Å²) in [6, 6.07) is 9.14. The number of nitro benzene ring substituents is 1. The van der Waals surface area contributed by atoms with E-state index in [2.05, 4.69) is 10.6 Å². The highest BCUT2D eigenvalue weighted by atomic mass is 16.6. The molecule has 1 aliphatic rings. The summed E-state index contributed by atoms with van der Waals surface area (Å²) < 4.78 is 5.18. The van der Waals surface area contributed by atoms with Gasteiger partial charge in [-0.1, -0.05) is 0 Å². The first-order chi connectivity index (χ1) is 13.5. The zero-order valence-corrected chi connectivity index (χ0v) is 15.3. The van der Waals surface area contributed by atoms with E-state index < -0.39 is 4.92 Å². The van der Waals surface area contributed by atoms with Crippen molar-refractivity contribution in [3.63, 3.8) is 0 Å². The van der Waals surface area contributed by atoms with Crippen LogP contribution in [0.3, 0.4) is 0 Å². The van der Waals surface area contributed by atoms with E-state index in [1.807, 2.05) is 4.90 Å². The summed E-state index contributed by atoms with van der Waals surface area (Å²) in [7, 11) is 0. The molecule has 3 rings (SSSR count). The number of carbonyl (C=O) groups is 2. The fourth-order valence-electron chi connectivity index (χ4n) is 3.10. The Labute approximate surface area is 161 Å². The van der Waals surface area contributed by atoms with Gasteiger partial charge in [-0.2, -0.15) is 0 Å². The highest BCUT2D eigenvalue weighted by Crippen LogP contribution is 2.14. The van der Waals surface area contributed by atoms with E-state index in [-0.39, 0.29) is 23.5 Å². The minimum absolute atomic E-state index is 0.0186. The second-order valence-corrected chi connectivity index (χ2v) is 6.68. The third-order valence-electron chi connectivity index (χ3n) is 4.67. The normalized spacial score (nSPS) is 15.1. The monoisotopic (exact) mass is 386 g/mol. The highest BCUT2D eigenvalue weighted by Gasteiger charge is 2.22. The van der Waals surface area contributed by atoms with Crippen LogP contribution in [0.1, 0.15) is 29.0 Å². The Balaban J connectivity index is 1.39. The van der Waals surface area contributed by atoms with Crippen molar-refractivity contribution in [3.05, 3.63) is 64.1 Å². The van der Waals surface area contributed by atoms with Gasteiger partial charge in [-0.05, 0) is 37.1 Å². The Morgan fingerprint density at radius 3 is 2.50 bits per heavy atom. The first-order valence-corrected chi connectivity index (χ1v) is 9.08. The molecule has 0 atom stereocenters. The van der Waals surface area contributed by atoms with Gasteiger partial charge in [-0.15, -0.1) is 0 Å². The molecule has 2 heterocycles. The van der Waals surface area contributed by atoms with E-state index in [0.29, 0.717) is 37.5 Å². The largest absolute Gasteiger partial charge is 0.467 e. The van der Waals surface area contributed by atoms with Gasteiger partial charge in [0.1, 0.15) is 5.76 Å². The van der Waals surface area contributed by atoms with E-state index in [4.69, 9.17) is 4.42 Å². The summed E-state index contributed by atoms with van der Waals surface area (Å²) in [5.74, 6) is 0.398. The summed E-state index contributed by atoms with van der Waals surface area (Å²) in [5.41, 5.74) is 0.348. The summed E-state index contributed by atoms with van der Waals surface area (Å²) in [5, 5.41) is 16.4. The molecule has 0 aliphatic carbocycles. The van der Waals surface area contributed by atoms with Gasteiger partial charge in [-0.3, -0.25) is 24.6 Å². The van der Waals surface area contributed by atoms with Crippen LogP contribution in [0.2, 0.25) is 0 Å². The molecular weight excluding hydrogens is 364 g/mol. The molecule has 1 fully saturated rings. The van der Waals surface area contributed by atoms with Crippen molar-refractivity contribution in [1.29, 1.82) is 0 Å². The molecule has 0 radical (unpaired) electrons. The summed E-state index contributed by atoms with van der Waals surface area (Å²) in [6.07, 6.45) is 3.05. The van der Waals surface area contributed by atoms with Crippen LogP contribution in [0.5, 0.6) is 0 Å². The Hall–Kier alpha value is -3.20. The number of nitro groups is 1. The van der Waals surface area contributed by atoms with Crippen molar-refractivity contribution in [2.75, 3.05) is 19.6 Å². The molecule has 2 aromatic rings.